The molecule has 20 heavy (non-hydrogen) atoms. The Morgan fingerprint density at radius 1 is 1.15 bits per heavy atom. The maximum Gasteiger partial charge on any atom is 0.143 e. The van der Waals surface area contributed by atoms with Gasteiger partial charge in [0.25, 0.3) is 0 Å². The van der Waals surface area contributed by atoms with E-state index in [0.29, 0.717) is 18.1 Å². The number of rotatable bonds is 3. The van der Waals surface area contributed by atoms with Crippen LogP contribution in [0.15, 0.2) is 30.3 Å². The predicted molar refractivity (Wildman–Crippen MR) is 77.7 cm³/mol. The van der Waals surface area contributed by atoms with Crippen LogP contribution in [0, 0.1) is 5.82 Å². The summed E-state index contributed by atoms with van der Waals surface area (Å²) in [4.78, 5) is 8.91. The summed E-state index contributed by atoms with van der Waals surface area (Å²) in [5.41, 5.74) is 4.35. The number of halogens is 1. The molecule has 0 bridgehead atoms. The van der Waals surface area contributed by atoms with E-state index in [-0.39, 0.29) is 11.2 Å². The number of hydrogen-bond acceptors (Lipinski definition) is 4. The van der Waals surface area contributed by atoms with Crippen molar-refractivity contribution in [3.63, 3.8) is 0 Å². The molecule has 0 atom stereocenters. The third-order valence-corrected chi connectivity index (χ3v) is 2.96. The van der Waals surface area contributed by atoms with Crippen LogP contribution in [0.2, 0.25) is 0 Å². The Labute approximate surface area is 118 Å². The molecule has 0 radical (unpaired) electrons. The molecule has 0 saturated heterocycles. The number of benzene rings is 1. The minimum Gasteiger partial charge on any atom is -0.308 e. The minimum absolute atomic E-state index is 0.0912. The summed E-state index contributed by atoms with van der Waals surface area (Å²) in [6.45, 7) is 6.24. The second-order valence-electron chi connectivity index (χ2n) is 5.75. The van der Waals surface area contributed by atoms with Crippen LogP contribution in [0.1, 0.15) is 37.9 Å². The number of aromatic nitrogens is 2. The fourth-order valence-corrected chi connectivity index (χ4v) is 1.82. The molecule has 1 aromatic carbocycles. The summed E-state index contributed by atoms with van der Waals surface area (Å²) in [6, 6.07) is 8.18. The molecule has 0 unspecified atom stereocenters. The number of nitrogens with two attached hydrogens (primary N) is 1. The fourth-order valence-electron chi connectivity index (χ4n) is 1.82. The van der Waals surface area contributed by atoms with Crippen LogP contribution in [0.5, 0.6) is 0 Å². The second kappa shape index (κ2) is 5.54. The Bertz CT molecular complexity index is 588. The molecule has 0 saturated carbocycles. The zero-order valence-corrected chi connectivity index (χ0v) is 11.9. The van der Waals surface area contributed by atoms with Crippen molar-refractivity contribution >= 4 is 5.82 Å². The summed E-state index contributed by atoms with van der Waals surface area (Å²) in [5, 5.41) is 0. The van der Waals surface area contributed by atoms with Crippen molar-refractivity contribution in [1.82, 2.24) is 9.97 Å². The maximum atomic E-state index is 12.9. The number of nitrogens with zero attached hydrogens (tertiary/aromatic N) is 2. The van der Waals surface area contributed by atoms with Gasteiger partial charge in [0.15, 0.2) is 0 Å². The first-order valence-corrected chi connectivity index (χ1v) is 6.48. The van der Waals surface area contributed by atoms with Gasteiger partial charge in [0, 0.05) is 17.9 Å². The van der Waals surface area contributed by atoms with Crippen molar-refractivity contribution in [2.24, 2.45) is 5.84 Å². The molecule has 0 aliphatic rings. The van der Waals surface area contributed by atoms with Gasteiger partial charge < -0.3 is 5.43 Å². The highest BCUT2D eigenvalue weighted by atomic mass is 19.1. The lowest BCUT2D eigenvalue weighted by atomic mass is 9.92. The fraction of sp³-hybridized carbons (Fsp3) is 0.333. The van der Waals surface area contributed by atoms with Crippen molar-refractivity contribution < 1.29 is 4.39 Å². The molecule has 4 nitrogen and oxygen atoms in total. The van der Waals surface area contributed by atoms with Gasteiger partial charge in [-0.2, -0.15) is 0 Å². The third-order valence-electron chi connectivity index (χ3n) is 2.96. The standard InChI is InChI=1S/C15H19FN4/c1-15(2,3)12-9-14(20-17)19-13(18-12)8-10-4-6-11(16)7-5-10/h4-7,9H,8,17H2,1-3H3,(H,18,19,20). The lowest BCUT2D eigenvalue weighted by Gasteiger charge is -2.19. The Hall–Kier alpha value is -2.01. The summed E-state index contributed by atoms with van der Waals surface area (Å²) >= 11 is 0. The zero-order valence-electron chi connectivity index (χ0n) is 11.9. The van der Waals surface area contributed by atoms with Crippen LogP contribution in [-0.4, -0.2) is 9.97 Å². The van der Waals surface area contributed by atoms with Gasteiger partial charge in [-0.05, 0) is 17.7 Å². The zero-order chi connectivity index (χ0) is 14.8. The molecule has 0 aliphatic heterocycles. The van der Waals surface area contributed by atoms with Crippen molar-refractivity contribution in [3.8, 4) is 0 Å². The highest BCUT2D eigenvalue weighted by molar-refractivity contribution is 5.37. The molecule has 0 fully saturated rings. The van der Waals surface area contributed by atoms with E-state index in [9.17, 15) is 4.39 Å². The van der Waals surface area contributed by atoms with Crippen molar-refractivity contribution in [2.75, 3.05) is 5.43 Å². The first-order chi connectivity index (χ1) is 9.38. The molecular formula is C15H19FN4. The summed E-state index contributed by atoms with van der Waals surface area (Å²) < 4.78 is 12.9. The molecule has 0 amide bonds. The van der Waals surface area contributed by atoms with Gasteiger partial charge in [-0.3, -0.25) is 0 Å². The molecule has 0 spiro atoms. The normalized spacial score (nSPS) is 11.4. The van der Waals surface area contributed by atoms with Gasteiger partial charge in [0.2, 0.25) is 0 Å². The van der Waals surface area contributed by atoms with Crippen LogP contribution >= 0.6 is 0 Å². The molecule has 5 heteroatoms. The first kappa shape index (κ1) is 14.4. The average Bonchev–Trinajstić information content (AvgIpc) is 2.40. The van der Waals surface area contributed by atoms with E-state index in [1.165, 1.54) is 12.1 Å². The van der Waals surface area contributed by atoms with Crippen molar-refractivity contribution in [2.45, 2.75) is 32.6 Å². The van der Waals surface area contributed by atoms with E-state index in [4.69, 9.17) is 5.84 Å². The number of nitrogens with one attached hydrogen (secondary N) is 1. The Balaban J connectivity index is 2.33. The van der Waals surface area contributed by atoms with E-state index >= 15 is 0 Å². The molecule has 1 heterocycles. The maximum absolute atomic E-state index is 12.9. The van der Waals surface area contributed by atoms with Crippen molar-refractivity contribution in [3.05, 3.63) is 53.2 Å². The van der Waals surface area contributed by atoms with Crippen LogP contribution in [0.4, 0.5) is 10.2 Å². The molecule has 1 aromatic heterocycles. The van der Waals surface area contributed by atoms with E-state index in [1.54, 1.807) is 12.1 Å². The number of hydrazine groups is 1. The SMILES string of the molecule is CC(C)(C)c1cc(NN)nc(Cc2ccc(F)cc2)n1. The molecule has 3 N–H and O–H groups in total. The van der Waals surface area contributed by atoms with Crippen molar-refractivity contribution in [1.29, 1.82) is 0 Å². The highest BCUT2D eigenvalue weighted by Crippen LogP contribution is 2.22. The summed E-state index contributed by atoms with van der Waals surface area (Å²) in [7, 11) is 0. The quantitative estimate of drug-likeness (QED) is 0.667. The lowest BCUT2D eigenvalue weighted by molar-refractivity contribution is 0.563. The number of anilines is 1. The van der Waals surface area contributed by atoms with Gasteiger partial charge in [-0.1, -0.05) is 32.9 Å². The first-order valence-electron chi connectivity index (χ1n) is 6.48. The number of hydrogen-bond donors (Lipinski definition) is 2. The van der Waals surface area contributed by atoms with E-state index in [1.807, 2.05) is 6.07 Å². The molecule has 0 aliphatic carbocycles. The van der Waals surface area contributed by atoms with Gasteiger partial charge in [0.1, 0.15) is 17.5 Å². The third kappa shape index (κ3) is 3.51. The summed E-state index contributed by atoms with van der Waals surface area (Å²) in [5.74, 6) is 6.46. The molecule has 106 valence electrons. The highest BCUT2D eigenvalue weighted by Gasteiger charge is 2.18. The van der Waals surface area contributed by atoms with Gasteiger partial charge in [-0.15, -0.1) is 0 Å². The smallest absolute Gasteiger partial charge is 0.143 e. The van der Waals surface area contributed by atoms with Crippen LogP contribution < -0.4 is 11.3 Å². The van der Waals surface area contributed by atoms with E-state index in [2.05, 4.69) is 36.2 Å². The van der Waals surface area contributed by atoms with Crippen LogP contribution in [-0.2, 0) is 11.8 Å². The minimum atomic E-state index is -0.248. The average molecular weight is 274 g/mol. The lowest BCUT2D eigenvalue weighted by Crippen LogP contribution is -2.18. The van der Waals surface area contributed by atoms with E-state index in [0.717, 1.165) is 11.3 Å². The molecule has 2 aromatic rings. The van der Waals surface area contributed by atoms with Crippen LogP contribution in [0.25, 0.3) is 0 Å². The van der Waals surface area contributed by atoms with E-state index < -0.39 is 0 Å². The monoisotopic (exact) mass is 274 g/mol. The Morgan fingerprint density at radius 3 is 2.35 bits per heavy atom. The second-order valence-corrected chi connectivity index (χ2v) is 5.75. The topological polar surface area (TPSA) is 63.8 Å². The number of nitrogen functional groups attached to an aromatic ring is 1. The van der Waals surface area contributed by atoms with Gasteiger partial charge in [-0.25, -0.2) is 20.2 Å². The predicted octanol–water partition coefficient (Wildman–Crippen LogP) is 2.79. The summed E-state index contributed by atoms with van der Waals surface area (Å²) in [6.07, 6.45) is 0.541. The van der Waals surface area contributed by atoms with Crippen LogP contribution in [0.3, 0.4) is 0 Å². The van der Waals surface area contributed by atoms with Gasteiger partial charge in [0.05, 0.1) is 5.69 Å². The largest absolute Gasteiger partial charge is 0.308 e. The Morgan fingerprint density at radius 2 is 1.80 bits per heavy atom. The molecule has 2 rings (SSSR count). The molecular weight excluding hydrogens is 255 g/mol. The van der Waals surface area contributed by atoms with Gasteiger partial charge >= 0.3 is 0 Å². The Kier molecular flexibility index (Phi) is 3.99.